The Morgan fingerprint density at radius 3 is 2.84 bits per heavy atom. The first-order valence-electron chi connectivity index (χ1n) is 6.37. The summed E-state index contributed by atoms with van der Waals surface area (Å²) in [4.78, 5) is 11.6. The first kappa shape index (κ1) is 15.8. The lowest BCUT2D eigenvalue weighted by Gasteiger charge is -2.26. The fourth-order valence-corrected chi connectivity index (χ4v) is 1.83. The van der Waals surface area contributed by atoms with E-state index in [2.05, 4.69) is 10.6 Å². The van der Waals surface area contributed by atoms with Gasteiger partial charge >= 0.3 is 0 Å². The lowest BCUT2D eigenvalue weighted by atomic mass is 10.0. The molecule has 0 bridgehead atoms. The van der Waals surface area contributed by atoms with Crippen LogP contribution in [0.5, 0.6) is 5.75 Å². The van der Waals surface area contributed by atoms with Gasteiger partial charge in [0, 0.05) is 13.1 Å². The molecular weight excluding hydrogens is 264 g/mol. The maximum atomic E-state index is 11.6. The van der Waals surface area contributed by atoms with Crippen LogP contribution in [0.1, 0.15) is 12.5 Å². The van der Waals surface area contributed by atoms with Crippen LogP contribution in [0.4, 0.5) is 0 Å². The number of hydrogen-bond acceptors (Lipinski definition) is 3. The Morgan fingerprint density at radius 1 is 1.53 bits per heavy atom. The third-order valence-electron chi connectivity index (χ3n) is 3.04. The van der Waals surface area contributed by atoms with Crippen molar-refractivity contribution < 1.29 is 9.53 Å². The van der Waals surface area contributed by atoms with Gasteiger partial charge < -0.3 is 15.4 Å². The van der Waals surface area contributed by atoms with Crippen molar-refractivity contribution in [3.05, 3.63) is 29.8 Å². The van der Waals surface area contributed by atoms with E-state index in [-0.39, 0.29) is 30.3 Å². The molecule has 0 saturated carbocycles. The van der Waals surface area contributed by atoms with Gasteiger partial charge in [-0.15, -0.1) is 12.4 Å². The molecule has 1 unspecified atom stereocenters. The smallest absolute Gasteiger partial charge is 0.225 e. The second kappa shape index (κ2) is 7.36. The normalized spacial score (nSPS) is 15.9. The highest BCUT2D eigenvalue weighted by Crippen LogP contribution is 2.14. The van der Waals surface area contributed by atoms with Crippen molar-refractivity contribution in [3.8, 4) is 5.75 Å². The molecule has 1 aromatic rings. The Morgan fingerprint density at radius 2 is 2.26 bits per heavy atom. The van der Waals surface area contributed by atoms with Crippen molar-refractivity contribution >= 4 is 18.3 Å². The van der Waals surface area contributed by atoms with Gasteiger partial charge in [-0.25, -0.2) is 0 Å². The summed E-state index contributed by atoms with van der Waals surface area (Å²) < 4.78 is 5.75. The van der Waals surface area contributed by atoms with Crippen LogP contribution in [0.25, 0.3) is 0 Å². The van der Waals surface area contributed by atoms with E-state index in [0.29, 0.717) is 6.54 Å². The molecule has 0 radical (unpaired) electrons. The average molecular weight is 285 g/mol. The lowest BCUT2D eigenvalue weighted by Crippen LogP contribution is -2.51. The van der Waals surface area contributed by atoms with Crippen LogP contribution in [0, 0.1) is 12.8 Å². The molecule has 4 nitrogen and oxygen atoms in total. The third-order valence-corrected chi connectivity index (χ3v) is 3.04. The predicted molar refractivity (Wildman–Crippen MR) is 77.9 cm³/mol. The van der Waals surface area contributed by atoms with Crippen LogP contribution in [0.2, 0.25) is 0 Å². The summed E-state index contributed by atoms with van der Waals surface area (Å²) in [5, 5.41) is 6.00. The van der Waals surface area contributed by atoms with Crippen molar-refractivity contribution in [1.82, 2.24) is 10.6 Å². The largest absolute Gasteiger partial charge is 0.489 e. The first-order chi connectivity index (χ1) is 8.65. The maximum Gasteiger partial charge on any atom is 0.225 e. The Bertz CT molecular complexity index is 422. The molecule has 0 aromatic heterocycles. The molecule has 1 fully saturated rings. The highest BCUT2D eigenvalue weighted by molar-refractivity contribution is 5.85. The van der Waals surface area contributed by atoms with Crippen molar-refractivity contribution in [2.45, 2.75) is 20.0 Å². The van der Waals surface area contributed by atoms with E-state index in [1.807, 2.05) is 38.1 Å². The molecule has 1 atom stereocenters. The van der Waals surface area contributed by atoms with E-state index < -0.39 is 0 Å². The molecule has 1 aliphatic rings. The number of benzene rings is 1. The number of rotatable bonds is 5. The predicted octanol–water partition coefficient (Wildman–Crippen LogP) is 1.52. The minimum absolute atomic E-state index is 0. The summed E-state index contributed by atoms with van der Waals surface area (Å²) in [5.74, 6) is 1.10. The Hall–Kier alpha value is -1.26. The number of carbonyl (C=O) groups is 1. The summed E-state index contributed by atoms with van der Waals surface area (Å²) >= 11 is 0. The summed E-state index contributed by atoms with van der Waals surface area (Å²) in [6.07, 6.45) is -0.0243. The van der Waals surface area contributed by atoms with Gasteiger partial charge in [0.05, 0.1) is 12.5 Å². The monoisotopic (exact) mass is 284 g/mol. The van der Waals surface area contributed by atoms with E-state index in [1.165, 1.54) is 5.56 Å². The average Bonchev–Trinajstić information content (AvgIpc) is 2.24. The molecule has 1 aliphatic heterocycles. The molecule has 106 valence electrons. The van der Waals surface area contributed by atoms with Crippen LogP contribution in [0.15, 0.2) is 24.3 Å². The minimum atomic E-state index is -0.0243. The molecule has 2 N–H and O–H groups in total. The van der Waals surface area contributed by atoms with Crippen molar-refractivity contribution in [2.24, 2.45) is 5.92 Å². The first-order valence-corrected chi connectivity index (χ1v) is 6.37. The van der Waals surface area contributed by atoms with Crippen LogP contribution in [-0.4, -0.2) is 31.6 Å². The van der Waals surface area contributed by atoms with Gasteiger partial charge in [-0.2, -0.15) is 0 Å². The van der Waals surface area contributed by atoms with E-state index >= 15 is 0 Å². The zero-order chi connectivity index (χ0) is 13.0. The van der Waals surface area contributed by atoms with Gasteiger partial charge in [0.15, 0.2) is 0 Å². The van der Waals surface area contributed by atoms with E-state index in [4.69, 9.17) is 4.74 Å². The number of hydrogen-bond donors (Lipinski definition) is 2. The van der Waals surface area contributed by atoms with E-state index in [1.54, 1.807) is 0 Å². The zero-order valence-electron chi connectivity index (χ0n) is 11.3. The SMILES string of the molecule is Cc1cccc(OC(C)CNC(=O)C2CNC2)c1.Cl. The van der Waals surface area contributed by atoms with E-state index in [9.17, 15) is 4.79 Å². The third kappa shape index (κ3) is 4.73. The van der Waals surface area contributed by atoms with Gasteiger partial charge in [-0.05, 0) is 31.5 Å². The van der Waals surface area contributed by atoms with Crippen LogP contribution < -0.4 is 15.4 Å². The molecule has 1 heterocycles. The van der Waals surface area contributed by atoms with Gasteiger partial charge in [0.25, 0.3) is 0 Å². The molecule has 5 heteroatoms. The Kier molecular flexibility index (Phi) is 6.12. The molecule has 1 saturated heterocycles. The van der Waals surface area contributed by atoms with Crippen LogP contribution in [-0.2, 0) is 4.79 Å². The highest BCUT2D eigenvalue weighted by Gasteiger charge is 2.24. The van der Waals surface area contributed by atoms with E-state index in [0.717, 1.165) is 18.8 Å². The number of ether oxygens (including phenoxy) is 1. The van der Waals surface area contributed by atoms with Gasteiger partial charge in [-0.3, -0.25) is 4.79 Å². The minimum Gasteiger partial charge on any atom is -0.489 e. The van der Waals surface area contributed by atoms with Gasteiger partial charge in [-0.1, -0.05) is 12.1 Å². The van der Waals surface area contributed by atoms with Crippen LogP contribution >= 0.6 is 12.4 Å². The quantitative estimate of drug-likeness (QED) is 0.862. The molecule has 1 amide bonds. The second-order valence-corrected chi connectivity index (χ2v) is 4.85. The maximum absolute atomic E-state index is 11.6. The van der Waals surface area contributed by atoms with Crippen molar-refractivity contribution in [1.29, 1.82) is 0 Å². The second-order valence-electron chi connectivity index (χ2n) is 4.85. The number of carbonyl (C=O) groups excluding carboxylic acids is 1. The molecule has 2 rings (SSSR count). The fraction of sp³-hybridized carbons (Fsp3) is 0.500. The van der Waals surface area contributed by atoms with Crippen molar-refractivity contribution in [2.75, 3.05) is 19.6 Å². The summed E-state index contributed by atoms with van der Waals surface area (Å²) in [6.45, 7) is 6.12. The van der Waals surface area contributed by atoms with Crippen molar-refractivity contribution in [3.63, 3.8) is 0 Å². The fourth-order valence-electron chi connectivity index (χ4n) is 1.83. The number of halogens is 1. The topological polar surface area (TPSA) is 50.4 Å². The molecule has 19 heavy (non-hydrogen) atoms. The summed E-state index contributed by atoms with van der Waals surface area (Å²) in [5.41, 5.74) is 1.17. The van der Waals surface area contributed by atoms with Gasteiger partial charge in [0.2, 0.25) is 5.91 Å². The molecular formula is C14H21ClN2O2. The number of aryl methyl sites for hydroxylation is 1. The summed E-state index contributed by atoms with van der Waals surface area (Å²) in [7, 11) is 0. The molecule has 0 aliphatic carbocycles. The Labute approximate surface area is 120 Å². The standard InChI is InChI=1S/C14H20N2O2.ClH/c1-10-4-3-5-13(6-10)18-11(2)7-16-14(17)12-8-15-9-12;/h3-6,11-12,15H,7-9H2,1-2H3,(H,16,17);1H. The lowest BCUT2D eigenvalue weighted by molar-refractivity contribution is -0.126. The Balaban J connectivity index is 0.00000180. The number of nitrogens with one attached hydrogen (secondary N) is 2. The highest BCUT2D eigenvalue weighted by atomic mass is 35.5. The summed E-state index contributed by atoms with van der Waals surface area (Å²) in [6, 6.07) is 7.92. The number of amides is 1. The molecule has 0 spiro atoms. The molecule has 1 aromatic carbocycles. The zero-order valence-corrected chi connectivity index (χ0v) is 12.1. The van der Waals surface area contributed by atoms with Crippen LogP contribution in [0.3, 0.4) is 0 Å². The van der Waals surface area contributed by atoms with Gasteiger partial charge in [0.1, 0.15) is 11.9 Å².